The summed E-state index contributed by atoms with van der Waals surface area (Å²) in [5, 5.41) is 21.2. The van der Waals surface area contributed by atoms with Crippen molar-refractivity contribution in [1.82, 2.24) is 0 Å². The predicted molar refractivity (Wildman–Crippen MR) is 94.3 cm³/mol. The summed E-state index contributed by atoms with van der Waals surface area (Å²) >= 11 is 0. The van der Waals surface area contributed by atoms with Gasteiger partial charge in [0, 0.05) is 36.5 Å². The molecular weight excluding hydrogens is 316 g/mol. The second-order valence-electron chi connectivity index (χ2n) is 8.69. The molecule has 0 heterocycles. The number of carbonyl (C=O) groups is 1. The Hall–Kier alpha value is -1.39. The molecular formula is C21H28O4. The van der Waals surface area contributed by atoms with E-state index in [0.717, 1.165) is 19.3 Å². The monoisotopic (exact) mass is 344 g/mol. The first kappa shape index (κ1) is 17.0. The first-order chi connectivity index (χ1) is 11.7. The van der Waals surface area contributed by atoms with Crippen LogP contribution in [0.4, 0.5) is 0 Å². The molecule has 0 amide bonds. The molecule has 136 valence electrons. The molecule has 1 unspecified atom stereocenters. The van der Waals surface area contributed by atoms with Crippen molar-refractivity contribution in [2.45, 2.75) is 64.8 Å². The van der Waals surface area contributed by atoms with E-state index in [1.54, 1.807) is 0 Å². The summed E-state index contributed by atoms with van der Waals surface area (Å²) < 4.78 is 5.77. The van der Waals surface area contributed by atoms with Crippen molar-refractivity contribution in [2.24, 2.45) is 22.7 Å². The van der Waals surface area contributed by atoms with Crippen LogP contribution in [0.15, 0.2) is 35.5 Å². The van der Waals surface area contributed by atoms with Crippen molar-refractivity contribution in [3.05, 3.63) is 35.5 Å². The molecule has 0 radical (unpaired) electrons. The standard InChI is InChI=1S/C21H28O4/c1-13(22)25-17-12-14-6-4-5-9-19(14,2)15-7-10-20(3)16(18(15)17)8-11-21(20,23)24/h5-7,9,16-18,23-24H,4,8,10-12H2,1-3H3/t16-,17?,18+,19-,20-/m0/s1. The quantitative estimate of drug-likeness (QED) is 0.435. The Morgan fingerprint density at radius 3 is 2.76 bits per heavy atom. The van der Waals surface area contributed by atoms with Gasteiger partial charge in [-0.25, -0.2) is 0 Å². The zero-order valence-electron chi connectivity index (χ0n) is 15.3. The number of hydrogen-bond acceptors (Lipinski definition) is 4. The van der Waals surface area contributed by atoms with Gasteiger partial charge in [0.1, 0.15) is 6.10 Å². The van der Waals surface area contributed by atoms with Gasteiger partial charge in [0.25, 0.3) is 0 Å². The molecule has 0 aromatic carbocycles. The maximum atomic E-state index is 11.8. The van der Waals surface area contributed by atoms with Gasteiger partial charge in [-0.1, -0.05) is 42.4 Å². The van der Waals surface area contributed by atoms with E-state index in [9.17, 15) is 15.0 Å². The summed E-state index contributed by atoms with van der Waals surface area (Å²) in [6.07, 6.45) is 12.2. The van der Waals surface area contributed by atoms with Gasteiger partial charge >= 0.3 is 5.97 Å². The Balaban J connectivity index is 1.83. The minimum atomic E-state index is -1.65. The number of carbonyl (C=O) groups excluding carboxylic acids is 1. The molecule has 4 nitrogen and oxygen atoms in total. The lowest BCUT2D eigenvalue weighted by molar-refractivity contribution is -0.235. The minimum Gasteiger partial charge on any atom is -0.462 e. The summed E-state index contributed by atoms with van der Waals surface area (Å²) in [4.78, 5) is 11.8. The zero-order valence-corrected chi connectivity index (χ0v) is 15.3. The molecule has 2 saturated carbocycles. The van der Waals surface area contributed by atoms with E-state index in [4.69, 9.17) is 4.74 Å². The molecule has 0 aliphatic heterocycles. The first-order valence-electron chi connectivity index (χ1n) is 9.39. The van der Waals surface area contributed by atoms with Gasteiger partial charge in [-0.05, 0) is 32.1 Å². The van der Waals surface area contributed by atoms with Gasteiger partial charge in [0.2, 0.25) is 0 Å². The van der Waals surface area contributed by atoms with Gasteiger partial charge in [0.05, 0.1) is 0 Å². The lowest BCUT2D eigenvalue weighted by atomic mass is 9.52. The third-order valence-electron chi connectivity index (χ3n) is 7.43. The number of aliphatic hydroxyl groups is 2. The van der Waals surface area contributed by atoms with Crippen molar-refractivity contribution < 1.29 is 19.7 Å². The molecule has 4 aliphatic carbocycles. The molecule has 5 atom stereocenters. The Kier molecular flexibility index (Phi) is 3.62. The Morgan fingerprint density at radius 2 is 2.04 bits per heavy atom. The average Bonchev–Trinajstić information content (AvgIpc) is 2.77. The summed E-state index contributed by atoms with van der Waals surface area (Å²) in [5.74, 6) is -1.75. The number of esters is 1. The minimum absolute atomic E-state index is 0.0497. The van der Waals surface area contributed by atoms with Crippen LogP contribution in [0.3, 0.4) is 0 Å². The van der Waals surface area contributed by atoms with E-state index >= 15 is 0 Å². The van der Waals surface area contributed by atoms with Crippen molar-refractivity contribution in [3.63, 3.8) is 0 Å². The van der Waals surface area contributed by atoms with Crippen LogP contribution in [0.1, 0.15) is 52.9 Å². The van der Waals surface area contributed by atoms with Crippen molar-refractivity contribution in [3.8, 4) is 0 Å². The fourth-order valence-electron chi connectivity index (χ4n) is 5.92. The number of hydrogen-bond donors (Lipinski definition) is 2. The van der Waals surface area contributed by atoms with Gasteiger partial charge in [-0.2, -0.15) is 0 Å². The molecule has 2 N–H and O–H groups in total. The lowest BCUT2D eigenvalue weighted by Gasteiger charge is -2.55. The van der Waals surface area contributed by atoms with E-state index in [-0.39, 0.29) is 29.3 Å². The molecule has 4 rings (SSSR count). The second-order valence-corrected chi connectivity index (χ2v) is 8.69. The molecule has 4 heteroatoms. The highest BCUT2D eigenvalue weighted by Crippen LogP contribution is 2.64. The van der Waals surface area contributed by atoms with E-state index in [1.165, 1.54) is 18.1 Å². The molecule has 0 aromatic rings. The number of ether oxygens (including phenoxy) is 1. The molecule has 0 aromatic heterocycles. The van der Waals surface area contributed by atoms with E-state index in [1.807, 2.05) is 6.92 Å². The molecule has 2 fully saturated rings. The van der Waals surface area contributed by atoms with Crippen LogP contribution < -0.4 is 0 Å². The van der Waals surface area contributed by atoms with Crippen LogP contribution in [0.2, 0.25) is 0 Å². The SMILES string of the molecule is CC(=O)OC1CC2=CCC=C[C@]2(C)C2=CC[C@@]3(C)[C@@H](CCC3(O)O)[C@@H]21. The van der Waals surface area contributed by atoms with Crippen molar-refractivity contribution in [1.29, 1.82) is 0 Å². The fraction of sp³-hybridized carbons (Fsp3) is 0.667. The summed E-state index contributed by atoms with van der Waals surface area (Å²) in [7, 11) is 0. The van der Waals surface area contributed by atoms with Crippen LogP contribution in [0.25, 0.3) is 0 Å². The number of allylic oxidation sites excluding steroid dienone is 4. The molecule has 0 spiro atoms. The number of rotatable bonds is 1. The normalized spacial score (nSPS) is 44.1. The molecule has 0 saturated heterocycles. The molecule has 0 bridgehead atoms. The fourth-order valence-corrected chi connectivity index (χ4v) is 5.92. The molecule has 4 aliphatic rings. The van der Waals surface area contributed by atoms with Crippen molar-refractivity contribution in [2.75, 3.05) is 0 Å². The highest BCUT2D eigenvalue weighted by Gasteiger charge is 2.63. The van der Waals surface area contributed by atoms with Gasteiger partial charge in [0.15, 0.2) is 5.79 Å². The first-order valence-corrected chi connectivity index (χ1v) is 9.39. The zero-order chi connectivity index (χ0) is 18.0. The lowest BCUT2D eigenvalue weighted by Crippen LogP contribution is -2.54. The summed E-state index contributed by atoms with van der Waals surface area (Å²) in [6.45, 7) is 5.69. The maximum absolute atomic E-state index is 11.8. The third-order valence-corrected chi connectivity index (χ3v) is 7.43. The van der Waals surface area contributed by atoms with Gasteiger partial charge < -0.3 is 14.9 Å². The Labute approximate surface area is 149 Å². The Morgan fingerprint density at radius 1 is 1.28 bits per heavy atom. The highest BCUT2D eigenvalue weighted by atomic mass is 16.5. The third kappa shape index (κ3) is 2.23. The van der Waals surface area contributed by atoms with Gasteiger partial charge in [-0.15, -0.1) is 0 Å². The number of fused-ring (bicyclic) bond motifs is 5. The molecule has 25 heavy (non-hydrogen) atoms. The van der Waals surface area contributed by atoms with Crippen LogP contribution >= 0.6 is 0 Å². The van der Waals surface area contributed by atoms with Crippen LogP contribution in [-0.4, -0.2) is 28.1 Å². The van der Waals surface area contributed by atoms with E-state index < -0.39 is 11.2 Å². The van der Waals surface area contributed by atoms with E-state index in [0.29, 0.717) is 12.8 Å². The summed E-state index contributed by atoms with van der Waals surface area (Å²) in [5.41, 5.74) is 1.91. The second kappa shape index (κ2) is 5.31. The van der Waals surface area contributed by atoms with Crippen LogP contribution in [0, 0.1) is 22.7 Å². The van der Waals surface area contributed by atoms with E-state index in [2.05, 4.69) is 31.2 Å². The maximum Gasteiger partial charge on any atom is 0.302 e. The van der Waals surface area contributed by atoms with Crippen molar-refractivity contribution >= 4 is 5.97 Å². The topological polar surface area (TPSA) is 66.8 Å². The highest BCUT2D eigenvalue weighted by molar-refractivity contribution is 5.66. The van der Waals surface area contributed by atoms with Crippen LogP contribution in [-0.2, 0) is 9.53 Å². The average molecular weight is 344 g/mol. The smallest absolute Gasteiger partial charge is 0.302 e. The summed E-state index contributed by atoms with van der Waals surface area (Å²) in [6, 6.07) is 0. The van der Waals surface area contributed by atoms with Crippen LogP contribution in [0.5, 0.6) is 0 Å². The predicted octanol–water partition coefficient (Wildman–Crippen LogP) is 3.26. The Bertz CT molecular complexity index is 701. The largest absolute Gasteiger partial charge is 0.462 e. The van der Waals surface area contributed by atoms with Gasteiger partial charge in [-0.3, -0.25) is 4.79 Å².